The van der Waals surface area contributed by atoms with Crippen molar-refractivity contribution >= 4 is 46.2 Å². The minimum atomic E-state index is -0.667. The highest BCUT2D eigenvalue weighted by Crippen LogP contribution is 2.34. The molecule has 0 saturated carbocycles. The third kappa shape index (κ3) is 7.01. The number of amides is 3. The fourth-order valence-corrected chi connectivity index (χ4v) is 5.24. The molecule has 3 amide bonds. The van der Waals surface area contributed by atoms with E-state index in [1.54, 1.807) is 14.2 Å². The van der Waals surface area contributed by atoms with E-state index in [0.29, 0.717) is 54.1 Å². The van der Waals surface area contributed by atoms with Crippen molar-refractivity contribution in [3.05, 3.63) is 53.6 Å². The highest BCUT2D eigenvalue weighted by atomic mass is 32.2. The SMILES string of the molecule is CCCCNC(=O)CC[C@H]1N=C2c3ccccc3N=C(SCC(=O)NCCc3ccc(OC)c(OC)c3)N2C1=O. The van der Waals surface area contributed by atoms with Crippen LogP contribution in [0.4, 0.5) is 5.69 Å². The van der Waals surface area contributed by atoms with Crippen molar-refractivity contribution in [3.8, 4) is 11.5 Å². The lowest BCUT2D eigenvalue weighted by Crippen LogP contribution is -2.42. The highest BCUT2D eigenvalue weighted by molar-refractivity contribution is 8.14. The van der Waals surface area contributed by atoms with Crippen LogP contribution in [0.2, 0.25) is 0 Å². The van der Waals surface area contributed by atoms with E-state index in [-0.39, 0.29) is 29.9 Å². The first-order chi connectivity index (χ1) is 19.4. The third-order valence-electron chi connectivity index (χ3n) is 6.56. The van der Waals surface area contributed by atoms with Crippen molar-refractivity contribution in [2.75, 3.05) is 33.1 Å². The van der Waals surface area contributed by atoms with Gasteiger partial charge in [0.25, 0.3) is 5.91 Å². The monoisotopic (exact) mass is 565 g/mol. The summed E-state index contributed by atoms with van der Waals surface area (Å²) < 4.78 is 10.6. The van der Waals surface area contributed by atoms with Crippen molar-refractivity contribution in [2.24, 2.45) is 9.98 Å². The Morgan fingerprint density at radius 1 is 1.02 bits per heavy atom. The van der Waals surface area contributed by atoms with Gasteiger partial charge in [-0.2, -0.15) is 0 Å². The summed E-state index contributed by atoms with van der Waals surface area (Å²) in [5.74, 6) is 1.42. The Hall–Kier alpha value is -3.86. The summed E-state index contributed by atoms with van der Waals surface area (Å²) in [6.07, 6.45) is 3.07. The molecule has 40 heavy (non-hydrogen) atoms. The number of nitrogens with zero attached hydrogens (tertiary/aromatic N) is 3. The van der Waals surface area contributed by atoms with Crippen molar-refractivity contribution in [2.45, 2.75) is 45.1 Å². The molecule has 2 N–H and O–H groups in total. The van der Waals surface area contributed by atoms with Crippen LogP contribution < -0.4 is 20.1 Å². The molecule has 2 aromatic carbocycles. The maximum atomic E-state index is 13.4. The summed E-state index contributed by atoms with van der Waals surface area (Å²) in [7, 11) is 3.17. The van der Waals surface area contributed by atoms with Gasteiger partial charge in [0.15, 0.2) is 16.7 Å². The number of amidine groups is 2. The van der Waals surface area contributed by atoms with Crippen molar-refractivity contribution < 1.29 is 23.9 Å². The Bertz CT molecular complexity index is 1310. The number of nitrogens with one attached hydrogen (secondary N) is 2. The van der Waals surface area contributed by atoms with Gasteiger partial charge in [0, 0.05) is 25.1 Å². The first-order valence-corrected chi connectivity index (χ1v) is 14.4. The Labute approximate surface area is 238 Å². The molecule has 2 aliphatic rings. The molecule has 2 heterocycles. The first kappa shape index (κ1) is 29.1. The van der Waals surface area contributed by atoms with Crippen molar-refractivity contribution in [3.63, 3.8) is 0 Å². The quantitative estimate of drug-likeness (QED) is 0.359. The van der Waals surface area contributed by atoms with E-state index in [0.717, 1.165) is 24.0 Å². The predicted octanol–water partition coefficient (Wildman–Crippen LogP) is 3.45. The zero-order chi connectivity index (χ0) is 28.5. The normalized spacial score (nSPS) is 15.5. The molecule has 0 aromatic heterocycles. The number of benzene rings is 2. The average molecular weight is 566 g/mol. The Kier molecular flexibility index (Phi) is 10.2. The molecule has 0 aliphatic carbocycles. The summed E-state index contributed by atoms with van der Waals surface area (Å²) in [6.45, 7) is 3.14. The molecule has 2 aliphatic heterocycles. The van der Waals surface area contributed by atoms with Gasteiger partial charge in [-0.1, -0.05) is 43.3 Å². The molecular weight excluding hydrogens is 530 g/mol. The smallest absolute Gasteiger partial charge is 0.259 e. The van der Waals surface area contributed by atoms with Crippen LogP contribution >= 0.6 is 11.8 Å². The van der Waals surface area contributed by atoms with Gasteiger partial charge in [0.2, 0.25) is 11.8 Å². The molecule has 1 atom stereocenters. The van der Waals surface area contributed by atoms with E-state index in [4.69, 9.17) is 9.47 Å². The second kappa shape index (κ2) is 14.0. The van der Waals surface area contributed by atoms with Gasteiger partial charge in [-0.3, -0.25) is 19.4 Å². The maximum absolute atomic E-state index is 13.4. The predicted molar refractivity (Wildman–Crippen MR) is 157 cm³/mol. The standard InChI is InChI=1S/C29H35N5O5S/c1-4-5-15-30-25(35)13-11-22-28(37)34-27(32-22)20-8-6-7-9-21(20)33-29(34)40-18-26(36)31-16-14-19-10-12-23(38-2)24(17-19)39-3/h6-10,12,17,22H,4-5,11,13-16,18H2,1-3H3,(H,30,35)(H,31,36)/t22-/m1/s1. The third-order valence-corrected chi connectivity index (χ3v) is 7.50. The number of hydrogen-bond acceptors (Lipinski definition) is 8. The van der Waals surface area contributed by atoms with Gasteiger partial charge < -0.3 is 20.1 Å². The zero-order valence-corrected chi connectivity index (χ0v) is 23.9. The molecule has 0 spiro atoms. The van der Waals surface area contributed by atoms with Crippen LogP contribution in [0.5, 0.6) is 11.5 Å². The second-order valence-electron chi connectivity index (χ2n) is 9.37. The zero-order valence-electron chi connectivity index (χ0n) is 23.1. The lowest BCUT2D eigenvalue weighted by Gasteiger charge is -2.25. The first-order valence-electron chi connectivity index (χ1n) is 13.4. The van der Waals surface area contributed by atoms with E-state index < -0.39 is 6.04 Å². The minimum Gasteiger partial charge on any atom is -0.493 e. The van der Waals surface area contributed by atoms with Crippen LogP contribution in [0.3, 0.4) is 0 Å². The largest absolute Gasteiger partial charge is 0.493 e. The van der Waals surface area contributed by atoms with E-state index in [1.165, 1.54) is 16.7 Å². The number of aliphatic imine (C=N–C) groups is 2. The molecule has 0 saturated heterocycles. The topological polar surface area (TPSA) is 122 Å². The molecule has 212 valence electrons. The second-order valence-corrected chi connectivity index (χ2v) is 10.3. The molecular formula is C29H35N5O5S. The number of carbonyl (C=O) groups is 3. The van der Waals surface area contributed by atoms with Crippen molar-refractivity contribution in [1.82, 2.24) is 15.5 Å². The summed E-state index contributed by atoms with van der Waals surface area (Å²) >= 11 is 1.19. The van der Waals surface area contributed by atoms with Gasteiger partial charge in [0.05, 0.1) is 25.7 Å². The summed E-state index contributed by atoms with van der Waals surface area (Å²) in [4.78, 5) is 49.1. The average Bonchev–Trinajstić information content (AvgIpc) is 3.31. The number of thioether (sulfide) groups is 1. The van der Waals surface area contributed by atoms with Gasteiger partial charge in [0.1, 0.15) is 11.9 Å². The van der Waals surface area contributed by atoms with Crippen LogP contribution in [0, 0.1) is 0 Å². The van der Waals surface area contributed by atoms with E-state index in [9.17, 15) is 14.4 Å². The number of fused-ring (bicyclic) bond motifs is 3. The summed E-state index contributed by atoms with van der Waals surface area (Å²) in [5.41, 5.74) is 2.46. The number of rotatable bonds is 13. The van der Waals surface area contributed by atoms with E-state index in [1.807, 2.05) is 42.5 Å². The molecule has 0 unspecified atom stereocenters. The minimum absolute atomic E-state index is 0.0836. The van der Waals surface area contributed by atoms with Crippen LogP contribution in [0.15, 0.2) is 52.4 Å². The van der Waals surface area contributed by atoms with Crippen LogP contribution in [0.25, 0.3) is 0 Å². The Balaban J connectivity index is 1.35. The Morgan fingerprint density at radius 3 is 2.58 bits per heavy atom. The molecule has 2 aromatic rings. The Morgan fingerprint density at radius 2 is 1.80 bits per heavy atom. The van der Waals surface area contributed by atoms with Crippen LogP contribution in [-0.2, 0) is 20.8 Å². The summed E-state index contributed by atoms with van der Waals surface area (Å²) in [5, 5.41) is 6.22. The number of methoxy groups -OCH3 is 2. The lowest BCUT2D eigenvalue weighted by molar-refractivity contribution is -0.125. The van der Waals surface area contributed by atoms with Gasteiger partial charge in [-0.25, -0.2) is 9.89 Å². The molecule has 0 fully saturated rings. The number of carbonyl (C=O) groups excluding carboxylic acids is 3. The van der Waals surface area contributed by atoms with Crippen LogP contribution in [0.1, 0.15) is 43.7 Å². The van der Waals surface area contributed by atoms with Crippen LogP contribution in [-0.4, -0.2) is 72.7 Å². The lowest BCUT2D eigenvalue weighted by atomic mass is 10.1. The van der Waals surface area contributed by atoms with E-state index in [2.05, 4.69) is 27.5 Å². The number of unbranched alkanes of at least 4 members (excludes halogenated alkanes) is 1. The number of ether oxygens (including phenoxy) is 2. The fraction of sp³-hybridized carbons (Fsp3) is 0.414. The summed E-state index contributed by atoms with van der Waals surface area (Å²) in [6, 6.07) is 12.5. The van der Waals surface area contributed by atoms with Gasteiger partial charge in [-0.15, -0.1) is 0 Å². The molecule has 0 radical (unpaired) electrons. The molecule has 4 rings (SSSR count). The molecule has 0 bridgehead atoms. The molecule has 11 heteroatoms. The number of para-hydroxylation sites is 1. The van der Waals surface area contributed by atoms with E-state index >= 15 is 0 Å². The maximum Gasteiger partial charge on any atom is 0.259 e. The van der Waals surface area contributed by atoms with Crippen molar-refractivity contribution in [1.29, 1.82) is 0 Å². The highest BCUT2D eigenvalue weighted by Gasteiger charge is 2.41. The molecule has 10 nitrogen and oxygen atoms in total. The van der Waals surface area contributed by atoms with Gasteiger partial charge >= 0.3 is 0 Å². The fourth-order valence-electron chi connectivity index (χ4n) is 4.41. The van der Waals surface area contributed by atoms with Gasteiger partial charge in [-0.05, 0) is 49.1 Å². The number of hydrogen-bond donors (Lipinski definition) is 2.